The van der Waals surface area contributed by atoms with Crippen molar-refractivity contribution in [3.05, 3.63) is 29.0 Å². The molecule has 1 fully saturated rings. The first kappa shape index (κ1) is 24.5. The van der Waals surface area contributed by atoms with E-state index in [1.807, 2.05) is 6.92 Å². The van der Waals surface area contributed by atoms with E-state index < -0.39 is 5.82 Å². The lowest BCUT2D eigenvalue weighted by molar-refractivity contribution is -0.124. The summed E-state index contributed by atoms with van der Waals surface area (Å²) in [6.07, 6.45) is 1.25. The second-order valence-corrected chi connectivity index (χ2v) is 8.65. The molecule has 0 aliphatic carbocycles. The van der Waals surface area contributed by atoms with Crippen LogP contribution in [-0.2, 0) is 4.79 Å². The van der Waals surface area contributed by atoms with E-state index in [0.29, 0.717) is 31.8 Å². The van der Waals surface area contributed by atoms with Crippen LogP contribution in [0.2, 0.25) is 5.02 Å². The van der Waals surface area contributed by atoms with Crippen molar-refractivity contribution in [2.45, 2.75) is 45.2 Å². The molecule has 1 aliphatic heterocycles. The molecule has 0 aromatic heterocycles. The maximum Gasteiger partial charge on any atom is 0.331 e. The summed E-state index contributed by atoms with van der Waals surface area (Å²) in [5.41, 5.74) is 5.13. The molecule has 7 nitrogen and oxygen atoms in total. The van der Waals surface area contributed by atoms with Gasteiger partial charge < -0.3 is 15.0 Å². The smallest absolute Gasteiger partial charge is 0.331 e. The van der Waals surface area contributed by atoms with Gasteiger partial charge in [-0.3, -0.25) is 10.2 Å². The first-order chi connectivity index (χ1) is 14.2. The number of hydrogen-bond donors (Lipinski definition) is 3. The van der Waals surface area contributed by atoms with E-state index in [1.54, 1.807) is 4.90 Å². The van der Waals surface area contributed by atoms with Crippen molar-refractivity contribution < 1.29 is 18.7 Å². The Kier molecular flexibility index (Phi) is 9.45. The highest BCUT2D eigenvalue weighted by molar-refractivity contribution is 6.30. The topological polar surface area (TPSA) is 82.7 Å². The molecule has 0 unspecified atom stereocenters. The number of amides is 3. The molecule has 1 heterocycles. The third-order valence-electron chi connectivity index (χ3n) is 5.24. The quantitative estimate of drug-likeness (QED) is 0.313. The number of carbonyl (C=O) groups is 2. The highest BCUT2D eigenvalue weighted by atomic mass is 35.5. The standard InChI is InChI=1S/C20H29Cl2FN4O3/c1-12(2)13(3)19(22)25-26-20(29)27-8-6-14(7-9-27)24-18(28)11-30-15-4-5-16(21)17(23)10-15/h4-5,10,12-14,19,25H,6-9,11H2,1-3H3,(H,24,28)(H,26,29)/t13-,19+/m1/s1. The van der Waals surface area contributed by atoms with E-state index in [4.69, 9.17) is 27.9 Å². The molecule has 0 bridgehead atoms. The normalized spacial score (nSPS) is 16.8. The molecule has 1 saturated heterocycles. The number of hydrazine groups is 1. The number of nitrogens with one attached hydrogen (secondary N) is 3. The van der Waals surface area contributed by atoms with Gasteiger partial charge in [-0.15, -0.1) is 11.6 Å². The largest absolute Gasteiger partial charge is 0.484 e. The SMILES string of the molecule is CC(C)[C@@H](C)[C@@H](Cl)NNC(=O)N1CCC(NC(=O)COc2ccc(Cl)c(F)c2)CC1. The van der Waals surface area contributed by atoms with Crippen LogP contribution in [0.5, 0.6) is 5.75 Å². The lowest BCUT2D eigenvalue weighted by Crippen LogP contribution is -2.54. The number of nitrogens with zero attached hydrogens (tertiary/aromatic N) is 1. The molecule has 3 amide bonds. The second kappa shape index (κ2) is 11.6. The Morgan fingerprint density at radius 1 is 1.27 bits per heavy atom. The van der Waals surface area contributed by atoms with Gasteiger partial charge >= 0.3 is 6.03 Å². The molecule has 1 aromatic rings. The Balaban J connectivity index is 1.67. The fourth-order valence-corrected chi connectivity index (χ4v) is 3.35. The molecule has 3 N–H and O–H groups in total. The molecule has 1 aromatic carbocycles. The number of ether oxygens (including phenoxy) is 1. The first-order valence-electron chi connectivity index (χ1n) is 9.99. The van der Waals surface area contributed by atoms with E-state index in [-0.39, 0.29) is 46.8 Å². The van der Waals surface area contributed by atoms with Crippen molar-refractivity contribution in [1.29, 1.82) is 0 Å². The van der Waals surface area contributed by atoms with Gasteiger partial charge in [0.05, 0.1) is 5.02 Å². The number of carbonyl (C=O) groups excluding carboxylic acids is 2. The monoisotopic (exact) mass is 462 g/mol. The lowest BCUT2D eigenvalue weighted by Gasteiger charge is -2.33. The molecule has 30 heavy (non-hydrogen) atoms. The molecule has 0 radical (unpaired) electrons. The van der Waals surface area contributed by atoms with E-state index in [1.165, 1.54) is 12.1 Å². The molecule has 1 aliphatic rings. The summed E-state index contributed by atoms with van der Waals surface area (Å²) in [7, 11) is 0. The van der Waals surface area contributed by atoms with E-state index in [0.717, 1.165) is 6.07 Å². The Bertz CT molecular complexity index is 730. The van der Waals surface area contributed by atoms with Crippen molar-refractivity contribution >= 4 is 35.1 Å². The van der Waals surface area contributed by atoms with Gasteiger partial charge in [0.1, 0.15) is 17.1 Å². The summed E-state index contributed by atoms with van der Waals surface area (Å²) >= 11 is 11.9. The molecule has 0 spiro atoms. The van der Waals surface area contributed by atoms with Crippen LogP contribution in [-0.4, -0.2) is 48.1 Å². The van der Waals surface area contributed by atoms with Crippen LogP contribution in [0.15, 0.2) is 18.2 Å². The number of alkyl halides is 1. The third-order valence-corrected chi connectivity index (χ3v) is 6.05. The maximum atomic E-state index is 13.4. The van der Waals surface area contributed by atoms with Gasteiger partial charge in [-0.1, -0.05) is 32.4 Å². The number of urea groups is 1. The van der Waals surface area contributed by atoms with Crippen molar-refractivity contribution in [3.63, 3.8) is 0 Å². The van der Waals surface area contributed by atoms with Crippen molar-refractivity contribution in [2.24, 2.45) is 11.8 Å². The second-order valence-electron chi connectivity index (χ2n) is 7.77. The van der Waals surface area contributed by atoms with Crippen molar-refractivity contribution in [2.75, 3.05) is 19.7 Å². The predicted octanol–water partition coefficient (Wildman–Crippen LogP) is 3.51. The van der Waals surface area contributed by atoms with Gasteiger partial charge in [0.15, 0.2) is 6.61 Å². The number of hydrogen-bond acceptors (Lipinski definition) is 4. The molecular formula is C20H29Cl2FN4O3. The van der Waals surface area contributed by atoms with Gasteiger partial charge in [0.25, 0.3) is 5.91 Å². The minimum atomic E-state index is -0.603. The molecule has 10 heteroatoms. The summed E-state index contributed by atoms with van der Waals surface area (Å²) in [4.78, 5) is 26.0. The summed E-state index contributed by atoms with van der Waals surface area (Å²) in [6.45, 7) is 6.95. The molecule has 2 atom stereocenters. The molecular weight excluding hydrogens is 434 g/mol. The average Bonchev–Trinajstić information content (AvgIpc) is 2.72. The zero-order chi connectivity index (χ0) is 22.3. The third kappa shape index (κ3) is 7.49. The van der Waals surface area contributed by atoms with Crippen molar-refractivity contribution in [3.8, 4) is 5.75 Å². The maximum absolute atomic E-state index is 13.4. The van der Waals surface area contributed by atoms with Crippen LogP contribution < -0.4 is 20.9 Å². The zero-order valence-corrected chi connectivity index (χ0v) is 18.9. The Morgan fingerprint density at radius 3 is 2.53 bits per heavy atom. The lowest BCUT2D eigenvalue weighted by atomic mass is 9.98. The minimum Gasteiger partial charge on any atom is -0.484 e. The highest BCUT2D eigenvalue weighted by Gasteiger charge is 2.25. The van der Waals surface area contributed by atoms with Crippen molar-refractivity contribution in [1.82, 2.24) is 21.1 Å². The predicted molar refractivity (Wildman–Crippen MR) is 115 cm³/mol. The van der Waals surface area contributed by atoms with Gasteiger partial charge in [-0.05, 0) is 36.8 Å². The number of halogens is 3. The molecule has 2 rings (SSSR count). The summed E-state index contributed by atoms with van der Waals surface area (Å²) in [5, 5.41) is 2.87. The Labute approximate surface area is 186 Å². The van der Waals surface area contributed by atoms with Gasteiger partial charge in [0, 0.05) is 25.2 Å². The summed E-state index contributed by atoms with van der Waals surface area (Å²) in [5.74, 6) is -0.0923. The Morgan fingerprint density at radius 2 is 1.93 bits per heavy atom. The van der Waals surface area contributed by atoms with E-state index >= 15 is 0 Å². The number of rotatable bonds is 8. The summed E-state index contributed by atoms with van der Waals surface area (Å²) < 4.78 is 18.7. The Hall–Kier alpha value is -1.77. The number of likely N-dealkylation sites (tertiary alicyclic amines) is 1. The number of benzene rings is 1. The highest BCUT2D eigenvalue weighted by Crippen LogP contribution is 2.20. The van der Waals surface area contributed by atoms with Gasteiger partial charge in [-0.25, -0.2) is 14.6 Å². The summed E-state index contributed by atoms with van der Waals surface area (Å²) in [6, 6.07) is 3.71. The van der Waals surface area contributed by atoms with Crippen LogP contribution in [0.25, 0.3) is 0 Å². The van der Waals surface area contributed by atoms with Gasteiger partial charge in [0.2, 0.25) is 0 Å². The molecule has 168 valence electrons. The minimum absolute atomic E-state index is 0.00574. The number of piperidine rings is 1. The average molecular weight is 463 g/mol. The van der Waals surface area contributed by atoms with Gasteiger partial charge in [-0.2, -0.15) is 0 Å². The molecule has 0 saturated carbocycles. The van der Waals surface area contributed by atoms with Crippen LogP contribution in [0.4, 0.5) is 9.18 Å². The van der Waals surface area contributed by atoms with Crippen LogP contribution >= 0.6 is 23.2 Å². The van der Waals surface area contributed by atoms with Crippen LogP contribution in [0, 0.1) is 17.7 Å². The van der Waals surface area contributed by atoms with E-state index in [9.17, 15) is 14.0 Å². The fraction of sp³-hybridized carbons (Fsp3) is 0.600. The van der Waals surface area contributed by atoms with Crippen LogP contribution in [0.3, 0.4) is 0 Å². The fourth-order valence-electron chi connectivity index (χ4n) is 2.89. The zero-order valence-electron chi connectivity index (χ0n) is 17.4. The van der Waals surface area contributed by atoms with Crippen LogP contribution in [0.1, 0.15) is 33.6 Å². The van der Waals surface area contributed by atoms with E-state index in [2.05, 4.69) is 30.0 Å². The first-order valence-corrected chi connectivity index (χ1v) is 10.8.